The van der Waals surface area contributed by atoms with Crippen LogP contribution in [-0.4, -0.2) is 30.4 Å². The van der Waals surface area contributed by atoms with Crippen LogP contribution in [0.2, 0.25) is 0 Å². The molecule has 0 radical (unpaired) electrons. The number of likely N-dealkylation sites (N-methyl/N-ethyl adjacent to an activating group) is 1. The fourth-order valence-electron chi connectivity index (χ4n) is 2.64. The van der Waals surface area contributed by atoms with Crippen LogP contribution in [-0.2, 0) is 17.8 Å². The standard InChI is InChI=1S/C20H25FN2O/c1-16(12-13-17-8-4-3-5-9-17)22-20(24)15-23(2)14-18-10-6-7-11-19(18)21/h3-11,16H,12-15H2,1-2H3,(H,22,24)/t16-/m0/s1. The summed E-state index contributed by atoms with van der Waals surface area (Å²) in [4.78, 5) is 13.9. The molecule has 2 aromatic rings. The molecule has 128 valence electrons. The normalized spacial score (nSPS) is 12.2. The quantitative estimate of drug-likeness (QED) is 0.805. The van der Waals surface area contributed by atoms with E-state index in [-0.39, 0.29) is 24.3 Å². The first-order chi connectivity index (χ1) is 11.5. The Morgan fingerprint density at radius 1 is 1.12 bits per heavy atom. The van der Waals surface area contributed by atoms with Crippen LogP contribution >= 0.6 is 0 Å². The molecule has 0 aliphatic carbocycles. The van der Waals surface area contributed by atoms with E-state index in [4.69, 9.17) is 0 Å². The average molecular weight is 328 g/mol. The van der Waals surface area contributed by atoms with Gasteiger partial charge in [0, 0.05) is 18.2 Å². The van der Waals surface area contributed by atoms with Gasteiger partial charge in [-0.05, 0) is 38.4 Å². The summed E-state index contributed by atoms with van der Waals surface area (Å²) in [6.45, 7) is 2.68. The number of carbonyl (C=O) groups excluding carboxylic acids is 1. The van der Waals surface area contributed by atoms with E-state index in [9.17, 15) is 9.18 Å². The minimum absolute atomic E-state index is 0.0330. The van der Waals surface area contributed by atoms with Gasteiger partial charge < -0.3 is 5.32 Å². The van der Waals surface area contributed by atoms with E-state index in [2.05, 4.69) is 17.4 Å². The highest BCUT2D eigenvalue weighted by Crippen LogP contribution is 2.09. The Bertz CT molecular complexity index is 645. The van der Waals surface area contributed by atoms with Gasteiger partial charge in [-0.1, -0.05) is 48.5 Å². The highest BCUT2D eigenvalue weighted by atomic mass is 19.1. The van der Waals surface area contributed by atoms with Crippen molar-refractivity contribution >= 4 is 5.91 Å². The van der Waals surface area contributed by atoms with E-state index in [1.165, 1.54) is 11.6 Å². The molecule has 0 aliphatic heterocycles. The number of hydrogen-bond acceptors (Lipinski definition) is 2. The first-order valence-corrected chi connectivity index (χ1v) is 8.30. The van der Waals surface area contributed by atoms with Crippen LogP contribution in [0.5, 0.6) is 0 Å². The number of nitrogens with zero attached hydrogens (tertiary/aromatic N) is 1. The van der Waals surface area contributed by atoms with Gasteiger partial charge in [0.25, 0.3) is 0 Å². The van der Waals surface area contributed by atoms with Crippen molar-refractivity contribution in [3.05, 3.63) is 71.5 Å². The Balaban J connectivity index is 1.72. The Morgan fingerprint density at radius 2 is 1.79 bits per heavy atom. The van der Waals surface area contributed by atoms with Gasteiger partial charge in [-0.2, -0.15) is 0 Å². The predicted octanol–water partition coefficient (Wildman–Crippen LogP) is 3.40. The molecule has 2 rings (SSSR count). The minimum atomic E-state index is -0.235. The first-order valence-electron chi connectivity index (χ1n) is 8.30. The summed E-state index contributed by atoms with van der Waals surface area (Å²) in [6.07, 6.45) is 1.83. The maximum Gasteiger partial charge on any atom is 0.234 e. The number of carbonyl (C=O) groups is 1. The molecular weight excluding hydrogens is 303 g/mol. The van der Waals surface area contributed by atoms with Crippen molar-refractivity contribution in [1.29, 1.82) is 0 Å². The molecule has 0 aromatic heterocycles. The molecule has 0 aliphatic rings. The average Bonchev–Trinajstić information content (AvgIpc) is 2.56. The molecule has 3 nitrogen and oxygen atoms in total. The zero-order valence-corrected chi connectivity index (χ0v) is 14.3. The molecule has 0 heterocycles. The highest BCUT2D eigenvalue weighted by Gasteiger charge is 2.12. The summed E-state index contributed by atoms with van der Waals surface area (Å²) in [5, 5.41) is 3.01. The molecule has 1 atom stereocenters. The molecule has 0 fully saturated rings. The van der Waals surface area contributed by atoms with Gasteiger partial charge >= 0.3 is 0 Å². The summed E-state index contributed by atoms with van der Waals surface area (Å²) in [5.74, 6) is -0.268. The molecule has 0 spiro atoms. The Morgan fingerprint density at radius 3 is 2.50 bits per heavy atom. The lowest BCUT2D eigenvalue weighted by Gasteiger charge is -2.19. The van der Waals surface area contributed by atoms with E-state index in [0.29, 0.717) is 12.1 Å². The topological polar surface area (TPSA) is 32.3 Å². The van der Waals surface area contributed by atoms with Crippen LogP contribution in [0.1, 0.15) is 24.5 Å². The molecule has 24 heavy (non-hydrogen) atoms. The number of nitrogens with one attached hydrogen (secondary N) is 1. The van der Waals surface area contributed by atoms with Gasteiger partial charge in [0.15, 0.2) is 0 Å². The van der Waals surface area contributed by atoms with Gasteiger partial charge in [0.2, 0.25) is 5.91 Å². The van der Waals surface area contributed by atoms with E-state index in [1.807, 2.05) is 37.1 Å². The number of aryl methyl sites for hydroxylation is 1. The summed E-state index contributed by atoms with van der Waals surface area (Å²) >= 11 is 0. The number of amides is 1. The third-order valence-electron chi connectivity index (χ3n) is 3.93. The summed E-state index contributed by atoms with van der Waals surface area (Å²) in [5.41, 5.74) is 1.88. The fourth-order valence-corrected chi connectivity index (χ4v) is 2.64. The molecule has 2 aromatic carbocycles. The van der Waals surface area contributed by atoms with Crippen molar-refractivity contribution in [2.24, 2.45) is 0 Å². The number of hydrogen-bond donors (Lipinski definition) is 1. The van der Waals surface area contributed by atoms with Crippen LogP contribution in [0.15, 0.2) is 54.6 Å². The second kappa shape index (κ2) is 9.18. The molecule has 0 unspecified atom stereocenters. The third-order valence-corrected chi connectivity index (χ3v) is 3.93. The van der Waals surface area contributed by atoms with E-state index < -0.39 is 0 Å². The van der Waals surface area contributed by atoms with E-state index in [1.54, 1.807) is 18.2 Å². The molecule has 0 saturated heterocycles. The zero-order chi connectivity index (χ0) is 17.4. The van der Waals surface area contributed by atoms with Crippen LogP contribution in [0, 0.1) is 5.82 Å². The van der Waals surface area contributed by atoms with E-state index >= 15 is 0 Å². The SMILES string of the molecule is C[C@@H](CCc1ccccc1)NC(=O)CN(C)Cc1ccccc1F. The zero-order valence-electron chi connectivity index (χ0n) is 14.3. The summed E-state index contributed by atoms with van der Waals surface area (Å²) in [7, 11) is 1.82. The fraction of sp³-hybridized carbons (Fsp3) is 0.350. The molecular formula is C20H25FN2O. The van der Waals surface area contributed by atoms with Gasteiger partial charge in [-0.15, -0.1) is 0 Å². The lowest BCUT2D eigenvalue weighted by Crippen LogP contribution is -2.39. The maximum absolute atomic E-state index is 13.6. The highest BCUT2D eigenvalue weighted by molar-refractivity contribution is 5.78. The van der Waals surface area contributed by atoms with Crippen molar-refractivity contribution < 1.29 is 9.18 Å². The third kappa shape index (κ3) is 6.13. The van der Waals surface area contributed by atoms with E-state index in [0.717, 1.165) is 12.8 Å². The van der Waals surface area contributed by atoms with Gasteiger partial charge in [-0.3, -0.25) is 9.69 Å². The Kier molecular flexibility index (Phi) is 6.94. The van der Waals surface area contributed by atoms with Crippen molar-refractivity contribution in [2.45, 2.75) is 32.4 Å². The Hall–Kier alpha value is -2.20. The smallest absolute Gasteiger partial charge is 0.234 e. The lowest BCUT2D eigenvalue weighted by atomic mass is 10.1. The van der Waals surface area contributed by atoms with Crippen molar-refractivity contribution in [3.63, 3.8) is 0 Å². The first kappa shape index (κ1) is 18.1. The van der Waals surface area contributed by atoms with Gasteiger partial charge in [0.05, 0.1) is 6.54 Å². The maximum atomic E-state index is 13.6. The van der Waals surface area contributed by atoms with Crippen molar-refractivity contribution in [1.82, 2.24) is 10.2 Å². The minimum Gasteiger partial charge on any atom is -0.353 e. The number of benzene rings is 2. The second-order valence-corrected chi connectivity index (χ2v) is 6.26. The molecule has 1 amide bonds. The van der Waals surface area contributed by atoms with Crippen molar-refractivity contribution in [2.75, 3.05) is 13.6 Å². The molecule has 0 bridgehead atoms. The van der Waals surface area contributed by atoms with Crippen LogP contribution < -0.4 is 5.32 Å². The van der Waals surface area contributed by atoms with Crippen LogP contribution in [0.25, 0.3) is 0 Å². The van der Waals surface area contributed by atoms with Gasteiger partial charge in [0.1, 0.15) is 5.82 Å². The lowest BCUT2D eigenvalue weighted by molar-refractivity contribution is -0.122. The summed E-state index contributed by atoms with van der Waals surface area (Å²) < 4.78 is 13.6. The molecule has 1 N–H and O–H groups in total. The monoisotopic (exact) mass is 328 g/mol. The largest absolute Gasteiger partial charge is 0.353 e. The van der Waals surface area contributed by atoms with Crippen LogP contribution in [0.3, 0.4) is 0 Å². The predicted molar refractivity (Wildman–Crippen MR) is 95.1 cm³/mol. The number of rotatable bonds is 8. The summed E-state index contributed by atoms with van der Waals surface area (Å²) in [6, 6.07) is 17.0. The van der Waals surface area contributed by atoms with Gasteiger partial charge in [-0.25, -0.2) is 4.39 Å². The molecule has 0 saturated carbocycles. The van der Waals surface area contributed by atoms with Crippen LogP contribution in [0.4, 0.5) is 4.39 Å². The molecule has 4 heteroatoms. The van der Waals surface area contributed by atoms with Crippen molar-refractivity contribution in [3.8, 4) is 0 Å². The Labute approximate surface area is 143 Å². The second-order valence-electron chi connectivity index (χ2n) is 6.26. The number of halogens is 1.